The Kier molecular flexibility index (Phi) is 5.55. The zero-order chi connectivity index (χ0) is 16.8. The van der Waals surface area contributed by atoms with Gasteiger partial charge in [-0.3, -0.25) is 9.59 Å². The topological polar surface area (TPSA) is 49.4 Å². The highest BCUT2D eigenvalue weighted by Crippen LogP contribution is 2.18. The molecule has 0 radical (unpaired) electrons. The van der Waals surface area contributed by atoms with E-state index in [2.05, 4.69) is 5.32 Å². The molecule has 2 rings (SSSR count). The number of nitrogens with zero attached hydrogens (tertiary/aromatic N) is 1. The summed E-state index contributed by atoms with van der Waals surface area (Å²) in [4.78, 5) is 25.6. The number of anilines is 1. The molecule has 4 nitrogen and oxygen atoms in total. The van der Waals surface area contributed by atoms with Crippen LogP contribution in [0.4, 0.5) is 5.69 Å². The molecule has 2 aromatic rings. The zero-order valence-corrected chi connectivity index (χ0v) is 13.7. The highest BCUT2D eigenvalue weighted by Gasteiger charge is 2.13. The fourth-order valence-electron chi connectivity index (χ4n) is 1.97. The van der Waals surface area contributed by atoms with Gasteiger partial charge in [0.25, 0.3) is 5.91 Å². The summed E-state index contributed by atoms with van der Waals surface area (Å²) in [6.45, 7) is 0. The number of halogens is 1. The number of para-hydroxylation sites is 1. The van der Waals surface area contributed by atoms with Crippen LogP contribution in [0.15, 0.2) is 54.6 Å². The van der Waals surface area contributed by atoms with E-state index in [1.807, 2.05) is 18.2 Å². The smallest absolute Gasteiger partial charge is 0.255 e. The first-order chi connectivity index (χ1) is 11.0. The quantitative estimate of drug-likeness (QED) is 0.870. The summed E-state index contributed by atoms with van der Waals surface area (Å²) in [5.41, 5.74) is 1.67. The molecule has 0 unspecified atom stereocenters. The van der Waals surface area contributed by atoms with Gasteiger partial charge in [0.15, 0.2) is 0 Å². The Morgan fingerprint density at radius 2 is 1.70 bits per heavy atom. The monoisotopic (exact) mass is 328 g/mol. The first-order valence-corrected chi connectivity index (χ1v) is 7.41. The minimum atomic E-state index is -0.330. The van der Waals surface area contributed by atoms with Gasteiger partial charge in [-0.2, -0.15) is 0 Å². The maximum atomic E-state index is 12.1. The van der Waals surface area contributed by atoms with Crippen LogP contribution >= 0.6 is 11.6 Å². The first kappa shape index (κ1) is 16.8. The molecule has 2 aromatic carbocycles. The second-order valence-electron chi connectivity index (χ2n) is 5.09. The minimum absolute atomic E-state index is 0.170. The predicted octanol–water partition coefficient (Wildman–Crippen LogP) is 3.69. The summed E-state index contributed by atoms with van der Waals surface area (Å²) < 4.78 is 0. The van der Waals surface area contributed by atoms with Crippen LogP contribution in [0.5, 0.6) is 0 Å². The fourth-order valence-corrected chi connectivity index (χ4v) is 2.17. The lowest BCUT2D eigenvalue weighted by molar-refractivity contribution is -0.111. The lowest BCUT2D eigenvalue weighted by Gasteiger charge is -2.14. The van der Waals surface area contributed by atoms with E-state index in [9.17, 15) is 9.59 Å². The van der Waals surface area contributed by atoms with Gasteiger partial charge < -0.3 is 10.2 Å². The molecule has 118 valence electrons. The molecule has 0 aromatic heterocycles. The third-order valence-corrected chi connectivity index (χ3v) is 3.49. The van der Waals surface area contributed by atoms with Crippen LogP contribution in [-0.4, -0.2) is 30.8 Å². The Labute approximate surface area is 140 Å². The third kappa shape index (κ3) is 4.44. The van der Waals surface area contributed by atoms with Crippen molar-refractivity contribution in [2.24, 2.45) is 0 Å². The zero-order valence-electron chi connectivity index (χ0n) is 12.9. The van der Waals surface area contributed by atoms with Crippen molar-refractivity contribution >= 4 is 35.2 Å². The van der Waals surface area contributed by atoms with E-state index in [1.165, 1.54) is 11.0 Å². The minimum Gasteiger partial charge on any atom is -0.345 e. The van der Waals surface area contributed by atoms with Gasteiger partial charge in [-0.25, -0.2) is 0 Å². The van der Waals surface area contributed by atoms with E-state index in [-0.39, 0.29) is 11.8 Å². The number of amides is 2. The maximum Gasteiger partial charge on any atom is 0.255 e. The van der Waals surface area contributed by atoms with E-state index >= 15 is 0 Å². The summed E-state index contributed by atoms with van der Waals surface area (Å²) in [6.07, 6.45) is 3.02. The second-order valence-corrected chi connectivity index (χ2v) is 5.50. The molecule has 23 heavy (non-hydrogen) atoms. The van der Waals surface area contributed by atoms with Crippen molar-refractivity contribution in [3.63, 3.8) is 0 Å². The molecule has 0 fully saturated rings. The normalized spacial score (nSPS) is 10.6. The predicted molar refractivity (Wildman–Crippen MR) is 93.6 cm³/mol. The maximum absolute atomic E-state index is 12.1. The van der Waals surface area contributed by atoms with Crippen molar-refractivity contribution in [1.82, 2.24) is 4.90 Å². The summed E-state index contributed by atoms with van der Waals surface area (Å²) in [6, 6.07) is 14.1. The molecule has 0 spiro atoms. The van der Waals surface area contributed by atoms with E-state index in [1.54, 1.807) is 50.5 Å². The van der Waals surface area contributed by atoms with Crippen molar-refractivity contribution in [3.05, 3.63) is 70.8 Å². The largest absolute Gasteiger partial charge is 0.345 e. The van der Waals surface area contributed by atoms with Crippen LogP contribution in [0.25, 0.3) is 6.08 Å². The standard InChI is InChI=1S/C18H17ClN2O2/c1-21(2)18(23)14-8-4-6-10-16(14)20-17(22)12-11-13-7-3-5-9-15(13)19/h3-12H,1-2H3,(H,20,22)/b12-11+. The van der Waals surface area contributed by atoms with Gasteiger partial charge in [-0.05, 0) is 29.8 Å². The van der Waals surface area contributed by atoms with Crippen LogP contribution in [0.1, 0.15) is 15.9 Å². The first-order valence-electron chi connectivity index (χ1n) is 7.03. The van der Waals surface area contributed by atoms with E-state index < -0.39 is 0 Å². The molecule has 5 heteroatoms. The Bertz CT molecular complexity index is 754. The Morgan fingerprint density at radius 3 is 2.39 bits per heavy atom. The number of carbonyl (C=O) groups excluding carboxylic acids is 2. The van der Waals surface area contributed by atoms with Crippen molar-refractivity contribution in [3.8, 4) is 0 Å². The molecule has 0 heterocycles. The number of benzene rings is 2. The molecule has 0 aliphatic carbocycles. The number of rotatable bonds is 4. The lowest BCUT2D eigenvalue weighted by Crippen LogP contribution is -2.23. The van der Waals surface area contributed by atoms with Gasteiger partial charge in [-0.1, -0.05) is 41.9 Å². The van der Waals surface area contributed by atoms with Crippen molar-refractivity contribution < 1.29 is 9.59 Å². The molecular weight excluding hydrogens is 312 g/mol. The van der Waals surface area contributed by atoms with Crippen LogP contribution in [0.2, 0.25) is 5.02 Å². The Morgan fingerprint density at radius 1 is 1.04 bits per heavy atom. The highest BCUT2D eigenvalue weighted by molar-refractivity contribution is 6.32. The summed E-state index contributed by atoms with van der Waals surface area (Å²) in [7, 11) is 3.33. The van der Waals surface area contributed by atoms with Crippen LogP contribution in [0, 0.1) is 0 Å². The molecule has 0 aliphatic heterocycles. The molecular formula is C18H17ClN2O2. The molecule has 0 saturated carbocycles. The average Bonchev–Trinajstić information content (AvgIpc) is 2.54. The SMILES string of the molecule is CN(C)C(=O)c1ccccc1NC(=O)/C=C/c1ccccc1Cl. The van der Waals surface area contributed by atoms with Gasteiger partial charge >= 0.3 is 0 Å². The van der Waals surface area contributed by atoms with Gasteiger partial charge in [0, 0.05) is 25.2 Å². The number of carbonyl (C=O) groups is 2. The third-order valence-electron chi connectivity index (χ3n) is 3.14. The average molecular weight is 329 g/mol. The molecule has 2 amide bonds. The summed E-state index contributed by atoms with van der Waals surface area (Å²) >= 11 is 6.04. The molecule has 0 bridgehead atoms. The second kappa shape index (κ2) is 7.61. The van der Waals surface area contributed by atoms with Gasteiger partial charge in [0.2, 0.25) is 5.91 Å². The van der Waals surface area contributed by atoms with Crippen LogP contribution in [0.3, 0.4) is 0 Å². The van der Waals surface area contributed by atoms with E-state index in [0.717, 1.165) is 5.56 Å². The molecule has 0 atom stereocenters. The summed E-state index contributed by atoms with van der Waals surface area (Å²) in [5.74, 6) is -0.500. The molecule has 0 aliphatic rings. The van der Waals surface area contributed by atoms with Crippen LogP contribution < -0.4 is 5.32 Å². The van der Waals surface area contributed by atoms with E-state index in [0.29, 0.717) is 16.3 Å². The van der Waals surface area contributed by atoms with Gasteiger partial charge in [0.05, 0.1) is 11.3 Å². The Balaban J connectivity index is 2.15. The van der Waals surface area contributed by atoms with Gasteiger partial charge in [0.1, 0.15) is 0 Å². The number of hydrogen-bond acceptors (Lipinski definition) is 2. The highest BCUT2D eigenvalue weighted by atomic mass is 35.5. The Hall–Kier alpha value is -2.59. The van der Waals surface area contributed by atoms with E-state index in [4.69, 9.17) is 11.6 Å². The fraction of sp³-hybridized carbons (Fsp3) is 0.111. The van der Waals surface area contributed by atoms with Crippen LogP contribution in [-0.2, 0) is 4.79 Å². The number of hydrogen-bond donors (Lipinski definition) is 1. The summed E-state index contributed by atoms with van der Waals surface area (Å²) in [5, 5.41) is 3.29. The van der Waals surface area contributed by atoms with Crippen molar-refractivity contribution in [2.45, 2.75) is 0 Å². The molecule has 0 saturated heterocycles. The molecule has 1 N–H and O–H groups in total. The number of nitrogens with one attached hydrogen (secondary N) is 1. The van der Waals surface area contributed by atoms with Crippen molar-refractivity contribution in [1.29, 1.82) is 0 Å². The lowest BCUT2D eigenvalue weighted by atomic mass is 10.1. The van der Waals surface area contributed by atoms with Gasteiger partial charge in [-0.15, -0.1) is 0 Å². The van der Waals surface area contributed by atoms with Crippen molar-refractivity contribution in [2.75, 3.05) is 19.4 Å².